The van der Waals surface area contributed by atoms with Crippen LogP contribution in [-0.2, 0) is 16.1 Å². The summed E-state index contributed by atoms with van der Waals surface area (Å²) in [4.78, 5) is 47.2. The van der Waals surface area contributed by atoms with E-state index in [1.807, 2.05) is 13.0 Å². The van der Waals surface area contributed by atoms with Crippen molar-refractivity contribution in [2.75, 3.05) is 6.61 Å². The van der Waals surface area contributed by atoms with Gasteiger partial charge in [0.1, 0.15) is 17.9 Å². The molecule has 0 unspecified atom stereocenters. The van der Waals surface area contributed by atoms with Gasteiger partial charge in [0.05, 0.1) is 5.56 Å². The molecule has 3 aromatic rings. The maximum Gasteiger partial charge on any atom is 0.338 e. The molecule has 0 aliphatic carbocycles. The fraction of sp³-hybridized carbons (Fsp3) is 0.280. The fourth-order valence-electron chi connectivity index (χ4n) is 3.05. The minimum Gasteiger partial charge on any atom is -0.489 e. The van der Waals surface area contributed by atoms with E-state index in [4.69, 9.17) is 13.9 Å². The van der Waals surface area contributed by atoms with Crippen molar-refractivity contribution in [3.63, 3.8) is 0 Å². The molecule has 3 rings (SSSR count). The number of rotatable bonds is 6. The van der Waals surface area contributed by atoms with E-state index in [0.717, 1.165) is 16.5 Å². The summed E-state index contributed by atoms with van der Waals surface area (Å²) in [6.07, 6.45) is 0. The molecular formula is C25H26N2O7. The van der Waals surface area contributed by atoms with Gasteiger partial charge in [-0.3, -0.25) is 10.1 Å². The second-order valence-corrected chi connectivity index (χ2v) is 8.72. The predicted molar refractivity (Wildman–Crippen MR) is 125 cm³/mol. The van der Waals surface area contributed by atoms with Crippen molar-refractivity contribution in [3.8, 4) is 5.75 Å². The normalized spacial score (nSPS) is 11.1. The van der Waals surface area contributed by atoms with Gasteiger partial charge in [0.25, 0.3) is 5.91 Å². The van der Waals surface area contributed by atoms with Crippen LogP contribution in [0.4, 0.5) is 4.79 Å². The van der Waals surface area contributed by atoms with Gasteiger partial charge in [0.2, 0.25) is 0 Å². The lowest BCUT2D eigenvalue weighted by Gasteiger charge is -2.20. The van der Waals surface area contributed by atoms with E-state index in [2.05, 4.69) is 10.6 Å². The Morgan fingerprint density at radius 3 is 2.38 bits per heavy atom. The summed E-state index contributed by atoms with van der Waals surface area (Å²) in [6, 6.07) is 12.5. The molecule has 34 heavy (non-hydrogen) atoms. The summed E-state index contributed by atoms with van der Waals surface area (Å²) in [6.45, 7) is 6.79. The minimum atomic E-state index is -0.735. The Hall–Kier alpha value is -4.14. The van der Waals surface area contributed by atoms with Crippen molar-refractivity contribution in [2.45, 2.75) is 39.8 Å². The minimum absolute atomic E-state index is 0.224. The molecular weight excluding hydrogens is 440 g/mol. The number of nitrogens with one attached hydrogen (secondary N) is 2. The number of urea groups is 1. The highest BCUT2D eigenvalue weighted by Crippen LogP contribution is 2.23. The van der Waals surface area contributed by atoms with E-state index < -0.39 is 35.7 Å². The first-order valence-corrected chi connectivity index (χ1v) is 10.6. The van der Waals surface area contributed by atoms with E-state index >= 15 is 0 Å². The molecule has 2 N–H and O–H groups in total. The first-order chi connectivity index (χ1) is 16.0. The van der Waals surface area contributed by atoms with E-state index in [1.165, 1.54) is 6.07 Å². The Labute approximate surface area is 196 Å². The summed E-state index contributed by atoms with van der Waals surface area (Å²) in [5, 5.41) is 5.50. The van der Waals surface area contributed by atoms with Gasteiger partial charge in [-0.1, -0.05) is 12.1 Å². The number of benzene rings is 2. The number of fused-ring (bicyclic) bond motifs is 1. The maximum atomic E-state index is 12.2. The first-order valence-electron chi connectivity index (χ1n) is 10.6. The number of esters is 1. The van der Waals surface area contributed by atoms with E-state index in [1.54, 1.807) is 57.2 Å². The maximum absolute atomic E-state index is 12.2. The third kappa shape index (κ3) is 6.93. The first kappa shape index (κ1) is 24.5. The van der Waals surface area contributed by atoms with Crippen LogP contribution >= 0.6 is 0 Å². The SMILES string of the molecule is Cc1cc(=O)oc2cc(OCc3ccc(C(=O)OCC(=O)NC(=O)NC(C)(C)C)cc3)ccc12. The van der Waals surface area contributed by atoms with Crippen LogP contribution in [0.25, 0.3) is 11.0 Å². The van der Waals surface area contributed by atoms with Crippen molar-refractivity contribution < 1.29 is 28.3 Å². The van der Waals surface area contributed by atoms with Gasteiger partial charge in [0, 0.05) is 23.1 Å². The lowest BCUT2D eigenvalue weighted by molar-refractivity contribution is -0.123. The number of amides is 3. The molecule has 0 aliphatic rings. The number of hydrogen-bond acceptors (Lipinski definition) is 7. The molecule has 0 spiro atoms. The Bertz CT molecular complexity index is 1270. The van der Waals surface area contributed by atoms with Crippen LogP contribution in [0.5, 0.6) is 5.75 Å². The van der Waals surface area contributed by atoms with E-state index in [0.29, 0.717) is 11.3 Å². The van der Waals surface area contributed by atoms with Crippen molar-refractivity contribution >= 4 is 28.9 Å². The average molecular weight is 466 g/mol. The molecule has 0 radical (unpaired) electrons. The van der Waals surface area contributed by atoms with Gasteiger partial charge in [-0.15, -0.1) is 0 Å². The summed E-state index contributed by atoms with van der Waals surface area (Å²) in [5.74, 6) is -0.897. The molecule has 0 saturated heterocycles. The zero-order chi connectivity index (χ0) is 24.9. The van der Waals surface area contributed by atoms with Crippen molar-refractivity contribution in [1.82, 2.24) is 10.6 Å². The molecule has 1 heterocycles. The standard InChI is InChI=1S/C25H26N2O7/c1-15-11-22(29)34-20-12-18(9-10-19(15)20)32-13-16-5-7-17(8-6-16)23(30)33-14-21(28)26-24(31)27-25(2,3)4/h5-12H,13-14H2,1-4H3,(H2,26,27,28,31). The van der Waals surface area contributed by atoms with Crippen LogP contribution < -0.4 is 21.0 Å². The van der Waals surface area contributed by atoms with Gasteiger partial charge in [-0.2, -0.15) is 0 Å². The van der Waals surface area contributed by atoms with Crippen LogP contribution in [0.2, 0.25) is 0 Å². The van der Waals surface area contributed by atoms with E-state index in [9.17, 15) is 19.2 Å². The summed E-state index contributed by atoms with van der Waals surface area (Å²) in [5.41, 5.74) is 1.38. The smallest absolute Gasteiger partial charge is 0.338 e. The highest BCUT2D eigenvalue weighted by Gasteiger charge is 2.17. The van der Waals surface area contributed by atoms with Crippen LogP contribution in [0.1, 0.15) is 42.3 Å². The zero-order valence-corrected chi connectivity index (χ0v) is 19.4. The summed E-state index contributed by atoms with van der Waals surface area (Å²) < 4.78 is 15.9. The van der Waals surface area contributed by atoms with Crippen molar-refractivity contribution in [3.05, 3.63) is 75.6 Å². The molecule has 9 heteroatoms. The third-order valence-corrected chi connectivity index (χ3v) is 4.59. The van der Waals surface area contributed by atoms with Gasteiger partial charge in [-0.05, 0) is 63.1 Å². The average Bonchev–Trinajstić information content (AvgIpc) is 2.74. The second-order valence-electron chi connectivity index (χ2n) is 8.72. The second kappa shape index (κ2) is 10.2. The molecule has 2 aromatic carbocycles. The third-order valence-electron chi connectivity index (χ3n) is 4.59. The molecule has 0 fully saturated rings. The number of carbonyl (C=O) groups excluding carboxylic acids is 3. The lowest BCUT2D eigenvalue weighted by atomic mass is 10.1. The molecule has 0 bridgehead atoms. The van der Waals surface area contributed by atoms with Crippen molar-refractivity contribution in [2.24, 2.45) is 0 Å². The zero-order valence-electron chi connectivity index (χ0n) is 19.4. The fourth-order valence-corrected chi connectivity index (χ4v) is 3.05. The Balaban J connectivity index is 1.51. The monoisotopic (exact) mass is 466 g/mol. The number of hydrogen-bond donors (Lipinski definition) is 2. The number of carbonyl (C=O) groups is 3. The quantitative estimate of drug-likeness (QED) is 0.421. The Morgan fingerprint density at radius 2 is 1.71 bits per heavy atom. The highest BCUT2D eigenvalue weighted by atomic mass is 16.5. The molecule has 178 valence electrons. The Morgan fingerprint density at radius 1 is 1.00 bits per heavy atom. The molecule has 1 aromatic heterocycles. The van der Waals surface area contributed by atoms with Crippen molar-refractivity contribution in [1.29, 1.82) is 0 Å². The van der Waals surface area contributed by atoms with E-state index in [-0.39, 0.29) is 12.2 Å². The molecule has 3 amide bonds. The van der Waals surface area contributed by atoms with Gasteiger partial charge in [-0.25, -0.2) is 14.4 Å². The molecule has 9 nitrogen and oxygen atoms in total. The van der Waals surface area contributed by atoms with Crippen LogP contribution in [0.15, 0.2) is 57.7 Å². The largest absolute Gasteiger partial charge is 0.489 e. The Kier molecular flexibility index (Phi) is 7.35. The van der Waals surface area contributed by atoms with Gasteiger partial charge < -0.3 is 19.2 Å². The topological polar surface area (TPSA) is 124 Å². The van der Waals surface area contributed by atoms with Crippen LogP contribution in [0, 0.1) is 6.92 Å². The number of imide groups is 1. The lowest BCUT2D eigenvalue weighted by Crippen LogP contribution is -2.49. The van der Waals surface area contributed by atoms with Gasteiger partial charge >= 0.3 is 17.6 Å². The summed E-state index contributed by atoms with van der Waals surface area (Å²) in [7, 11) is 0. The summed E-state index contributed by atoms with van der Waals surface area (Å²) >= 11 is 0. The highest BCUT2D eigenvalue weighted by molar-refractivity contribution is 5.97. The van der Waals surface area contributed by atoms with Crippen LogP contribution in [-0.4, -0.2) is 30.1 Å². The van der Waals surface area contributed by atoms with Gasteiger partial charge in [0.15, 0.2) is 6.61 Å². The predicted octanol–water partition coefficient (Wildman–Crippen LogP) is 3.46. The molecule has 0 saturated carbocycles. The number of ether oxygens (including phenoxy) is 2. The van der Waals surface area contributed by atoms with Crippen LogP contribution in [0.3, 0.4) is 0 Å². The molecule has 0 aliphatic heterocycles. The number of aryl methyl sites for hydroxylation is 1. The molecule has 0 atom stereocenters.